The lowest BCUT2D eigenvalue weighted by molar-refractivity contribution is 0.0527. The Morgan fingerprint density at radius 1 is 1.31 bits per heavy atom. The zero-order chi connectivity index (χ0) is 19.0. The summed E-state index contributed by atoms with van der Waals surface area (Å²) in [6.45, 7) is 7.32. The molecule has 0 bridgehead atoms. The molecule has 3 rings (SSSR count). The lowest BCUT2D eigenvalue weighted by Crippen LogP contribution is -2.17. The molecule has 0 aliphatic heterocycles. The standard InChI is InChI=1S/C18H18FN3O3S/c1-5-25-18(24)14-9(2)11(4)26-17(14)21-16(23)15-10(3)20-13-7-6-12(19)8-22(13)15/h6-8H,5H2,1-4H3,(H,21,23). The van der Waals surface area contributed by atoms with Crippen LogP contribution in [0.4, 0.5) is 9.39 Å². The average Bonchev–Trinajstić information content (AvgIpc) is 3.03. The summed E-state index contributed by atoms with van der Waals surface area (Å²) in [4.78, 5) is 30.3. The summed E-state index contributed by atoms with van der Waals surface area (Å²) in [5.74, 6) is -1.42. The molecule has 3 heterocycles. The Morgan fingerprint density at radius 3 is 2.73 bits per heavy atom. The number of carbonyl (C=O) groups excluding carboxylic acids is 2. The Balaban J connectivity index is 2.02. The number of hydrogen-bond acceptors (Lipinski definition) is 5. The molecular formula is C18H18FN3O3S. The number of esters is 1. The molecule has 0 saturated carbocycles. The Kier molecular flexibility index (Phi) is 4.78. The molecule has 0 unspecified atom stereocenters. The fourth-order valence-corrected chi connectivity index (χ4v) is 3.78. The molecule has 1 N–H and O–H groups in total. The number of anilines is 1. The van der Waals surface area contributed by atoms with Gasteiger partial charge in [0.1, 0.15) is 22.2 Å². The predicted molar refractivity (Wildman–Crippen MR) is 97.6 cm³/mol. The van der Waals surface area contributed by atoms with Gasteiger partial charge in [0.2, 0.25) is 0 Å². The summed E-state index contributed by atoms with van der Waals surface area (Å²) >= 11 is 1.30. The maximum atomic E-state index is 13.6. The number of ether oxygens (including phenoxy) is 1. The van der Waals surface area contributed by atoms with Gasteiger partial charge in [-0.15, -0.1) is 11.3 Å². The summed E-state index contributed by atoms with van der Waals surface area (Å²) in [5, 5.41) is 3.17. The number of nitrogens with zero attached hydrogens (tertiary/aromatic N) is 2. The van der Waals surface area contributed by atoms with E-state index in [0.717, 1.165) is 10.4 Å². The molecule has 3 aromatic rings. The van der Waals surface area contributed by atoms with Crippen molar-refractivity contribution >= 4 is 33.9 Å². The highest BCUT2D eigenvalue weighted by atomic mass is 32.1. The number of thiophene rings is 1. The Bertz CT molecular complexity index is 1020. The zero-order valence-corrected chi connectivity index (χ0v) is 15.7. The minimum Gasteiger partial charge on any atom is -0.462 e. The molecule has 0 aromatic carbocycles. The van der Waals surface area contributed by atoms with Crippen LogP contribution in [0.1, 0.15) is 43.9 Å². The number of carbonyl (C=O) groups is 2. The van der Waals surface area contributed by atoms with Crippen molar-refractivity contribution < 1.29 is 18.7 Å². The van der Waals surface area contributed by atoms with Gasteiger partial charge in [0.05, 0.1) is 17.9 Å². The van der Waals surface area contributed by atoms with Crippen LogP contribution in [0.25, 0.3) is 5.65 Å². The van der Waals surface area contributed by atoms with E-state index in [0.29, 0.717) is 21.9 Å². The van der Waals surface area contributed by atoms with Gasteiger partial charge in [0.25, 0.3) is 5.91 Å². The molecule has 8 heteroatoms. The van der Waals surface area contributed by atoms with Gasteiger partial charge in [-0.3, -0.25) is 9.20 Å². The molecule has 6 nitrogen and oxygen atoms in total. The molecule has 0 fully saturated rings. The quantitative estimate of drug-likeness (QED) is 0.702. The van der Waals surface area contributed by atoms with Crippen LogP contribution in [-0.4, -0.2) is 27.9 Å². The van der Waals surface area contributed by atoms with E-state index in [1.807, 2.05) is 13.8 Å². The van der Waals surface area contributed by atoms with Gasteiger partial charge < -0.3 is 10.1 Å². The van der Waals surface area contributed by atoms with Crippen LogP contribution in [-0.2, 0) is 4.74 Å². The van der Waals surface area contributed by atoms with Crippen LogP contribution >= 0.6 is 11.3 Å². The summed E-state index contributed by atoms with van der Waals surface area (Å²) in [6, 6.07) is 2.79. The number of rotatable bonds is 4. The van der Waals surface area contributed by atoms with Crippen molar-refractivity contribution in [1.29, 1.82) is 0 Å². The normalized spacial score (nSPS) is 11.0. The number of halogens is 1. The van der Waals surface area contributed by atoms with Crippen LogP contribution in [0.5, 0.6) is 0 Å². The smallest absolute Gasteiger partial charge is 0.341 e. The van der Waals surface area contributed by atoms with E-state index in [1.165, 1.54) is 34.1 Å². The Labute approximate surface area is 153 Å². The summed E-state index contributed by atoms with van der Waals surface area (Å²) in [5.41, 5.74) is 2.28. The fraction of sp³-hybridized carbons (Fsp3) is 0.278. The van der Waals surface area contributed by atoms with E-state index < -0.39 is 17.7 Å². The van der Waals surface area contributed by atoms with Crippen LogP contribution in [0, 0.1) is 26.6 Å². The van der Waals surface area contributed by atoms with Gasteiger partial charge >= 0.3 is 5.97 Å². The third-order valence-electron chi connectivity index (χ3n) is 4.06. The number of aryl methyl sites for hydroxylation is 2. The Hall–Kier alpha value is -2.74. The van der Waals surface area contributed by atoms with Crippen LogP contribution in [0.3, 0.4) is 0 Å². The highest BCUT2D eigenvalue weighted by Crippen LogP contribution is 2.33. The zero-order valence-electron chi connectivity index (χ0n) is 14.8. The first-order valence-corrected chi connectivity index (χ1v) is 8.87. The van der Waals surface area contributed by atoms with Crippen molar-refractivity contribution in [3.63, 3.8) is 0 Å². The summed E-state index contributed by atoms with van der Waals surface area (Å²) in [6.07, 6.45) is 1.21. The molecule has 3 aromatic heterocycles. The molecule has 26 heavy (non-hydrogen) atoms. The van der Waals surface area contributed by atoms with E-state index in [-0.39, 0.29) is 12.3 Å². The second kappa shape index (κ2) is 6.87. The van der Waals surface area contributed by atoms with E-state index in [9.17, 15) is 14.0 Å². The molecule has 1 amide bonds. The van der Waals surface area contributed by atoms with Gasteiger partial charge in [-0.05, 0) is 45.4 Å². The summed E-state index contributed by atoms with van der Waals surface area (Å²) in [7, 11) is 0. The molecule has 0 saturated heterocycles. The number of aromatic nitrogens is 2. The van der Waals surface area contributed by atoms with E-state index in [2.05, 4.69) is 10.3 Å². The second-order valence-electron chi connectivity index (χ2n) is 5.78. The molecule has 0 aliphatic rings. The fourth-order valence-electron chi connectivity index (χ4n) is 2.74. The lowest BCUT2D eigenvalue weighted by atomic mass is 10.1. The predicted octanol–water partition coefficient (Wildman–Crippen LogP) is 3.89. The molecule has 136 valence electrons. The molecule has 0 radical (unpaired) electrons. The first-order chi connectivity index (χ1) is 12.3. The second-order valence-corrected chi connectivity index (χ2v) is 7.01. The number of imidazole rings is 1. The van der Waals surface area contributed by atoms with E-state index in [1.54, 1.807) is 13.8 Å². The van der Waals surface area contributed by atoms with Gasteiger partial charge in [-0.25, -0.2) is 14.2 Å². The lowest BCUT2D eigenvalue weighted by Gasteiger charge is -2.08. The minimum atomic E-state index is -0.481. The van der Waals surface area contributed by atoms with Crippen LogP contribution in [0.2, 0.25) is 0 Å². The first-order valence-electron chi connectivity index (χ1n) is 8.06. The van der Waals surface area contributed by atoms with Gasteiger partial charge in [-0.2, -0.15) is 0 Å². The number of nitrogens with one attached hydrogen (secondary N) is 1. The van der Waals surface area contributed by atoms with Crippen molar-refractivity contribution in [2.24, 2.45) is 0 Å². The van der Waals surface area contributed by atoms with Crippen molar-refractivity contribution in [2.75, 3.05) is 11.9 Å². The van der Waals surface area contributed by atoms with Gasteiger partial charge in [-0.1, -0.05) is 0 Å². The third kappa shape index (κ3) is 3.08. The average molecular weight is 375 g/mol. The minimum absolute atomic E-state index is 0.220. The topological polar surface area (TPSA) is 72.7 Å². The van der Waals surface area contributed by atoms with E-state index >= 15 is 0 Å². The third-order valence-corrected chi connectivity index (χ3v) is 5.19. The van der Waals surface area contributed by atoms with Crippen molar-refractivity contribution in [1.82, 2.24) is 9.38 Å². The maximum Gasteiger partial charge on any atom is 0.341 e. The largest absolute Gasteiger partial charge is 0.462 e. The molecule has 0 aliphatic carbocycles. The van der Waals surface area contributed by atoms with Crippen molar-refractivity contribution in [3.8, 4) is 0 Å². The van der Waals surface area contributed by atoms with Crippen LogP contribution < -0.4 is 5.32 Å². The number of hydrogen-bond donors (Lipinski definition) is 1. The SMILES string of the molecule is CCOC(=O)c1c(NC(=O)c2c(C)nc3ccc(F)cn23)sc(C)c1C. The maximum absolute atomic E-state index is 13.6. The highest BCUT2D eigenvalue weighted by Gasteiger charge is 2.24. The highest BCUT2D eigenvalue weighted by molar-refractivity contribution is 7.16. The van der Waals surface area contributed by atoms with E-state index in [4.69, 9.17) is 4.74 Å². The molecule has 0 spiro atoms. The Morgan fingerprint density at radius 2 is 2.04 bits per heavy atom. The molecular weight excluding hydrogens is 357 g/mol. The van der Waals surface area contributed by atoms with Gasteiger partial charge in [0.15, 0.2) is 0 Å². The van der Waals surface area contributed by atoms with Gasteiger partial charge in [0, 0.05) is 11.1 Å². The number of fused-ring (bicyclic) bond motifs is 1. The number of amides is 1. The monoisotopic (exact) mass is 375 g/mol. The summed E-state index contributed by atoms with van der Waals surface area (Å²) < 4.78 is 20.1. The first kappa shape index (κ1) is 18.1. The molecule has 0 atom stereocenters. The number of pyridine rings is 1. The van der Waals surface area contributed by atoms with Crippen molar-refractivity contribution in [2.45, 2.75) is 27.7 Å². The van der Waals surface area contributed by atoms with Crippen molar-refractivity contribution in [3.05, 3.63) is 51.5 Å². The van der Waals surface area contributed by atoms with Crippen LogP contribution in [0.15, 0.2) is 18.3 Å².